The van der Waals surface area contributed by atoms with E-state index in [0.717, 1.165) is 18.2 Å². The molecule has 110 valence electrons. The van der Waals surface area contributed by atoms with E-state index in [4.69, 9.17) is 5.73 Å². The zero-order valence-electron chi connectivity index (χ0n) is 11.6. The number of carbonyl (C=O) groups excluding carboxylic acids is 1. The Kier molecular flexibility index (Phi) is 3.22. The maximum Gasteiger partial charge on any atom is 0.241 e. The zero-order chi connectivity index (χ0) is 15.2. The third-order valence-corrected chi connectivity index (χ3v) is 5.48. The van der Waals surface area contributed by atoms with Crippen LogP contribution in [0.4, 0.5) is 0 Å². The fourth-order valence-electron chi connectivity index (χ4n) is 2.81. The number of carbonyl (C=O) groups is 1. The number of hydrogen-bond acceptors (Lipinski definition) is 3. The van der Waals surface area contributed by atoms with Crippen molar-refractivity contribution >= 4 is 26.7 Å². The molecular formula is C15H16N2O3S. The largest absolute Gasteiger partial charge is 0.368 e. The quantitative estimate of drug-likeness (QED) is 0.886. The van der Waals surface area contributed by atoms with Gasteiger partial charge in [-0.2, -0.15) is 4.72 Å². The standard InChI is InChI=1S/C15H16N2O3S/c1-9(15(16)18)17-21(19,20)13-8-7-11-6-5-10-3-2-4-12(13)14(10)11/h2-4,7-9,17H,5-6H2,1H3,(H2,16,18)/t9-/m0/s1. The van der Waals surface area contributed by atoms with Gasteiger partial charge in [0.05, 0.1) is 10.9 Å². The summed E-state index contributed by atoms with van der Waals surface area (Å²) in [5.41, 5.74) is 7.46. The summed E-state index contributed by atoms with van der Waals surface area (Å²) in [4.78, 5) is 11.3. The minimum atomic E-state index is -3.79. The van der Waals surface area contributed by atoms with Crippen LogP contribution in [0.2, 0.25) is 0 Å². The Morgan fingerprint density at radius 3 is 2.52 bits per heavy atom. The first kappa shape index (κ1) is 14.0. The lowest BCUT2D eigenvalue weighted by Crippen LogP contribution is -2.42. The molecular weight excluding hydrogens is 288 g/mol. The van der Waals surface area contributed by atoms with Gasteiger partial charge in [-0.25, -0.2) is 8.42 Å². The van der Waals surface area contributed by atoms with Crippen LogP contribution in [0.15, 0.2) is 35.2 Å². The Balaban J connectivity index is 2.16. The average Bonchev–Trinajstić information content (AvgIpc) is 2.84. The summed E-state index contributed by atoms with van der Waals surface area (Å²) in [6, 6.07) is 8.19. The second-order valence-corrected chi connectivity index (χ2v) is 6.99. The summed E-state index contributed by atoms with van der Waals surface area (Å²) >= 11 is 0. The molecule has 0 bridgehead atoms. The van der Waals surface area contributed by atoms with Crippen molar-refractivity contribution in [2.75, 3.05) is 0 Å². The fraction of sp³-hybridized carbons (Fsp3) is 0.267. The summed E-state index contributed by atoms with van der Waals surface area (Å²) in [5, 5.41) is 1.72. The van der Waals surface area contributed by atoms with Crippen molar-refractivity contribution in [3.8, 4) is 0 Å². The fourth-order valence-corrected chi connectivity index (χ4v) is 4.22. The Morgan fingerprint density at radius 2 is 1.86 bits per heavy atom. The van der Waals surface area contributed by atoms with Crippen molar-refractivity contribution < 1.29 is 13.2 Å². The number of benzene rings is 2. The van der Waals surface area contributed by atoms with E-state index in [2.05, 4.69) is 4.72 Å². The molecule has 0 aromatic heterocycles. The molecule has 0 aliphatic heterocycles. The first-order valence-electron chi connectivity index (χ1n) is 6.75. The van der Waals surface area contributed by atoms with E-state index < -0.39 is 22.0 Å². The van der Waals surface area contributed by atoms with Crippen molar-refractivity contribution in [1.29, 1.82) is 0 Å². The highest BCUT2D eigenvalue weighted by Gasteiger charge is 2.25. The summed E-state index contributed by atoms with van der Waals surface area (Å²) in [7, 11) is -3.79. The lowest BCUT2D eigenvalue weighted by molar-refractivity contribution is -0.119. The molecule has 21 heavy (non-hydrogen) atoms. The third kappa shape index (κ3) is 2.30. The van der Waals surface area contributed by atoms with Crippen molar-refractivity contribution in [3.63, 3.8) is 0 Å². The van der Waals surface area contributed by atoms with Gasteiger partial charge in [0, 0.05) is 5.39 Å². The molecule has 1 aliphatic rings. The highest BCUT2D eigenvalue weighted by molar-refractivity contribution is 7.89. The van der Waals surface area contributed by atoms with Crippen LogP contribution in [0, 0.1) is 0 Å². The van der Waals surface area contributed by atoms with Gasteiger partial charge in [-0.1, -0.05) is 24.3 Å². The smallest absolute Gasteiger partial charge is 0.241 e. The van der Waals surface area contributed by atoms with E-state index >= 15 is 0 Å². The molecule has 1 atom stereocenters. The number of rotatable bonds is 4. The van der Waals surface area contributed by atoms with E-state index in [1.165, 1.54) is 18.1 Å². The highest BCUT2D eigenvalue weighted by Crippen LogP contribution is 2.34. The number of aryl methyl sites for hydroxylation is 2. The molecule has 0 heterocycles. The minimum absolute atomic E-state index is 0.193. The number of nitrogens with one attached hydrogen (secondary N) is 1. The first-order chi connectivity index (χ1) is 9.90. The van der Waals surface area contributed by atoms with E-state index in [0.29, 0.717) is 5.39 Å². The first-order valence-corrected chi connectivity index (χ1v) is 8.23. The van der Waals surface area contributed by atoms with Crippen LogP contribution < -0.4 is 10.5 Å². The van der Waals surface area contributed by atoms with Crippen LogP contribution in [0.5, 0.6) is 0 Å². The molecule has 2 aromatic carbocycles. The molecule has 0 fully saturated rings. The summed E-state index contributed by atoms with van der Waals surface area (Å²) < 4.78 is 27.3. The van der Waals surface area contributed by atoms with Gasteiger partial charge in [0.15, 0.2) is 0 Å². The zero-order valence-corrected chi connectivity index (χ0v) is 12.4. The number of hydrogen-bond donors (Lipinski definition) is 2. The molecule has 6 heteroatoms. The van der Waals surface area contributed by atoms with Gasteiger partial charge in [0.2, 0.25) is 15.9 Å². The van der Waals surface area contributed by atoms with Gasteiger partial charge in [-0.05, 0) is 42.3 Å². The third-order valence-electron chi connectivity index (χ3n) is 3.89. The van der Waals surface area contributed by atoms with E-state index in [1.807, 2.05) is 18.2 Å². The summed E-state index contributed by atoms with van der Waals surface area (Å²) in [6.45, 7) is 1.43. The average molecular weight is 304 g/mol. The van der Waals surface area contributed by atoms with Crippen LogP contribution in [0.25, 0.3) is 10.8 Å². The molecule has 2 aromatic rings. The molecule has 0 saturated heterocycles. The second-order valence-electron chi connectivity index (χ2n) is 5.31. The van der Waals surface area contributed by atoms with Crippen LogP contribution >= 0.6 is 0 Å². The molecule has 5 nitrogen and oxygen atoms in total. The monoisotopic (exact) mass is 304 g/mol. The molecule has 3 rings (SSSR count). The molecule has 0 spiro atoms. The molecule has 0 saturated carbocycles. The van der Waals surface area contributed by atoms with Crippen molar-refractivity contribution in [2.24, 2.45) is 5.73 Å². The normalized spacial score (nSPS) is 15.3. The Morgan fingerprint density at radius 1 is 1.19 bits per heavy atom. The maximum absolute atomic E-state index is 12.5. The Labute approximate surface area is 123 Å². The number of amides is 1. The number of sulfonamides is 1. The minimum Gasteiger partial charge on any atom is -0.368 e. The van der Waals surface area contributed by atoms with E-state index in [-0.39, 0.29) is 4.90 Å². The van der Waals surface area contributed by atoms with Gasteiger partial charge >= 0.3 is 0 Å². The predicted octanol–water partition coefficient (Wildman–Crippen LogP) is 1.09. The van der Waals surface area contributed by atoms with Gasteiger partial charge < -0.3 is 5.73 Å². The van der Waals surface area contributed by atoms with Gasteiger partial charge in [0.1, 0.15) is 0 Å². The molecule has 0 radical (unpaired) electrons. The highest BCUT2D eigenvalue weighted by atomic mass is 32.2. The second kappa shape index (κ2) is 4.82. The van der Waals surface area contributed by atoms with E-state index in [9.17, 15) is 13.2 Å². The topological polar surface area (TPSA) is 89.3 Å². The van der Waals surface area contributed by atoms with Gasteiger partial charge in [-0.3, -0.25) is 4.79 Å². The molecule has 1 amide bonds. The lowest BCUT2D eigenvalue weighted by atomic mass is 10.1. The van der Waals surface area contributed by atoms with Crippen molar-refractivity contribution in [3.05, 3.63) is 41.5 Å². The molecule has 1 aliphatic carbocycles. The van der Waals surface area contributed by atoms with Crippen LogP contribution in [-0.2, 0) is 27.7 Å². The Hall–Kier alpha value is -1.92. The maximum atomic E-state index is 12.5. The lowest BCUT2D eigenvalue weighted by Gasteiger charge is -2.13. The van der Waals surface area contributed by atoms with Crippen LogP contribution in [0.1, 0.15) is 18.1 Å². The summed E-state index contributed by atoms with van der Waals surface area (Å²) in [6.07, 6.45) is 1.86. The number of nitrogens with two attached hydrogens (primary N) is 1. The molecule has 3 N–H and O–H groups in total. The number of primary amides is 1. The Bertz CT molecular complexity index is 833. The van der Waals surface area contributed by atoms with Crippen molar-refractivity contribution in [1.82, 2.24) is 4.72 Å². The molecule has 0 unspecified atom stereocenters. The summed E-state index contributed by atoms with van der Waals surface area (Å²) in [5.74, 6) is -0.704. The van der Waals surface area contributed by atoms with Crippen LogP contribution in [0.3, 0.4) is 0 Å². The van der Waals surface area contributed by atoms with Crippen molar-refractivity contribution in [2.45, 2.75) is 30.7 Å². The predicted molar refractivity (Wildman–Crippen MR) is 80.3 cm³/mol. The van der Waals surface area contributed by atoms with Gasteiger partial charge in [-0.15, -0.1) is 0 Å². The van der Waals surface area contributed by atoms with E-state index in [1.54, 1.807) is 12.1 Å². The van der Waals surface area contributed by atoms with Crippen LogP contribution in [-0.4, -0.2) is 20.4 Å². The van der Waals surface area contributed by atoms with Gasteiger partial charge in [0.25, 0.3) is 0 Å². The SMILES string of the molecule is C[C@H](NS(=O)(=O)c1ccc2c3c(cccc13)CC2)C(N)=O.